The highest BCUT2D eigenvalue weighted by molar-refractivity contribution is 7.99. The number of ether oxygens (including phenoxy) is 1. The van der Waals surface area contributed by atoms with Crippen LogP contribution in [0.25, 0.3) is 0 Å². The second-order valence-corrected chi connectivity index (χ2v) is 7.71. The highest BCUT2D eigenvalue weighted by Crippen LogP contribution is 2.33. The van der Waals surface area contributed by atoms with Gasteiger partial charge in [0.2, 0.25) is 0 Å². The van der Waals surface area contributed by atoms with Crippen LogP contribution in [-0.4, -0.2) is 18.3 Å². The zero-order valence-electron chi connectivity index (χ0n) is 16.3. The van der Waals surface area contributed by atoms with Crippen molar-refractivity contribution in [1.82, 2.24) is 0 Å². The number of carbonyl (C=O) groups is 2. The quantitative estimate of drug-likeness (QED) is 0.519. The van der Waals surface area contributed by atoms with Gasteiger partial charge in [0, 0.05) is 16.2 Å². The molecule has 0 bridgehead atoms. The second kappa shape index (κ2) is 10.5. The van der Waals surface area contributed by atoms with Crippen LogP contribution >= 0.6 is 11.8 Å². The molecule has 3 rings (SSSR count). The predicted molar refractivity (Wildman–Crippen MR) is 117 cm³/mol. The molecule has 3 aromatic carbocycles. The minimum absolute atomic E-state index is 0.0723. The van der Waals surface area contributed by atoms with Gasteiger partial charge in [0.05, 0.1) is 5.69 Å². The molecule has 0 radical (unpaired) electrons. The minimum Gasteiger partial charge on any atom is -0.484 e. The Kier molecular flexibility index (Phi) is 7.47. The molecule has 0 aliphatic heterocycles. The lowest BCUT2D eigenvalue weighted by atomic mass is 10.1. The standard InChI is InChI=1S/C24H23NO3S/c1-18(26)11-12-19-13-15-20(16-14-19)28-17-24(27)25-22-9-5-6-10-23(22)29-21-7-3-2-4-8-21/h2-10,13-16H,11-12,17H2,1H3,(H,25,27). The molecular weight excluding hydrogens is 382 g/mol. The minimum atomic E-state index is -0.216. The topological polar surface area (TPSA) is 55.4 Å². The third kappa shape index (κ3) is 6.80. The summed E-state index contributed by atoms with van der Waals surface area (Å²) in [5.41, 5.74) is 1.83. The number of Topliss-reactive ketones (excluding diaryl/α,β-unsaturated/α-hetero) is 1. The van der Waals surface area contributed by atoms with E-state index in [0.717, 1.165) is 21.0 Å². The van der Waals surface area contributed by atoms with Crippen LogP contribution in [0.5, 0.6) is 5.75 Å². The van der Waals surface area contributed by atoms with Crippen LogP contribution in [0, 0.1) is 0 Å². The number of hydrogen-bond donors (Lipinski definition) is 1. The van der Waals surface area contributed by atoms with E-state index in [1.54, 1.807) is 18.7 Å². The fourth-order valence-corrected chi connectivity index (χ4v) is 3.61. The van der Waals surface area contributed by atoms with Crippen LogP contribution in [-0.2, 0) is 16.0 Å². The fourth-order valence-electron chi connectivity index (χ4n) is 2.68. The summed E-state index contributed by atoms with van der Waals surface area (Å²) in [6.45, 7) is 1.52. The number of amides is 1. The molecule has 3 aromatic rings. The monoisotopic (exact) mass is 405 g/mol. The van der Waals surface area contributed by atoms with Gasteiger partial charge < -0.3 is 14.8 Å². The third-order valence-corrected chi connectivity index (χ3v) is 5.27. The van der Waals surface area contributed by atoms with Crippen molar-refractivity contribution in [3.8, 4) is 5.75 Å². The summed E-state index contributed by atoms with van der Waals surface area (Å²) >= 11 is 1.60. The molecule has 0 aliphatic carbocycles. The van der Waals surface area contributed by atoms with Gasteiger partial charge in [-0.15, -0.1) is 0 Å². The maximum atomic E-state index is 12.4. The van der Waals surface area contributed by atoms with E-state index in [1.165, 1.54) is 0 Å². The molecule has 0 aliphatic rings. The van der Waals surface area contributed by atoms with Crippen LogP contribution in [0.1, 0.15) is 18.9 Å². The molecule has 148 valence electrons. The number of ketones is 1. The lowest BCUT2D eigenvalue weighted by Crippen LogP contribution is -2.20. The van der Waals surface area contributed by atoms with Crippen LogP contribution in [0.4, 0.5) is 5.69 Å². The first-order valence-corrected chi connectivity index (χ1v) is 10.2. The molecule has 29 heavy (non-hydrogen) atoms. The van der Waals surface area contributed by atoms with Crippen molar-refractivity contribution in [3.05, 3.63) is 84.4 Å². The van der Waals surface area contributed by atoms with Crippen molar-refractivity contribution < 1.29 is 14.3 Å². The Morgan fingerprint density at radius 3 is 2.31 bits per heavy atom. The van der Waals surface area contributed by atoms with Crippen LogP contribution < -0.4 is 10.1 Å². The second-order valence-electron chi connectivity index (χ2n) is 6.59. The Labute approximate surface area is 175 Å². The summed E-state index contributed by atoms with van der Waals surface area (Å²) in [6, 6.07) is 25.2. The van der Waals surface area contributed by atoms with Crippen LogP contribution in [0.2, 0.25) is 0 Å². The molecule has 0 spiro atoms. The number of carbonyl (C=O) groups excluding carboxylic acids is 2. The molecule has 0 saturated carbocycles. The lowest BCUT2D eigenvalue weighted by Gasteiger charge is -2.11. The molecule has 1 amide bonds. The van der Waals surface area contributed by atoms with Crippen LogP contribution in [0.15, 0.2) is 88.7 Å². The van der Waals surface area contributed by atoms with Crippen molar-refractivity contribution in [2.24, 2.45) is 0 Å². The smallest absolute Gasteiger partial charge is 0.262 e. The Morgan fingerprint density at radius 1 is 0.897 bits per heavy atom. The normalized spacial score (nSPS) is 10.4. The molecule has 0 unspecified atom stereocenters. The fraction of sp³-hybridized carbons (Fsp3) is 0.167. The number of benzene rings is 3. The molecule has 0 fully saturated rings. The van der Waals surface area contributed by atoms with Gasteiger partial charge in [-0.05, 0) is 55.3 Å². The average molecular weight is 406 g/mol. The molecule has 4 nitrogen and oxygen atoms in total. The van der Waals surface area contributed by atoms with Gasteiger partial charge in [-0.3, -0.25) is 4.79 Å². The number of hydrogen-bond acceptors (Lipinski definition) is 4. The number of para-hydroxylation sites is 1. The molecule has 1 N–H and O–H groups in total. The number of aryl methyl sites for hydroxylation is 1. The van der Waals surface area contributed by atoms with Gasteiger partial charge >= 0.3 is 0 Å². The van der Waals surface area contributed by atoms with E-state index >= 15 is 0 Å². The van der Waals surface area contributed by atoms with Crippen molar-refractivity contribution in [1.29, 1.82) is 0 Å². The Morgan fingerprint density at radius 2 is 1.59 bits per heavy atom. The third-order valence-electron chi connectivity index (χ3n) is 4.19. The van der Waals surface area contributed by atoms with E-state index in [9.17, 15) is 9.59 Å². The summed E-state index contributed by atoms with van der Waals surface area (Å²) < 4.78 is 5.59. The maximum absolute atomic E-state index is 12.4. The molecular formula is C24H23NO3S. The maximum Gasteiger partial charge on any atom is 0.262 e. The van der Waals surface area contributed by atoms with E-state index < -0.39 is 0 Å². The average Bonchev–Trinajstić information content (AvgIpc) is 2.73. The van der Waals surface area contributed by atoms with E-state index in [2.05, 4.69) is 5.32 Å². The van der Waals surface area contributed by atoms with Crippen molar-refractivity contribution in [3.63, 3.8) is 0 Å². The van der Waals surface area contributed by atoms with E-state index in [1.807, 2.05) is 78.9 Å². The molecule has 5 heteroatoms. The highest BCUT2D eigenvalue weighted by atomic mass is 32.2. The predicted octanol–water partition coefficient (Wildman–Crippen LogP) is 5.38. The summed E-state index contributed by atoms with van der Waals surface area (Å²) in [4.78, 5) is 25.5. The zero-order chi connectivity index (χ0) is 20.5. The summed E-state index contributed by atoms with van der Waals surface area (Å²) in [7, 11) is 0. The van der Waals surface area contributed by atoms with E-state index in [4.69, 9.17) is 4.74 Å². The summed E-state index contributed by atoms with van der Waals surface area (Å²) in [5.74, 6) is 0.582. The molecule has 0 heterocycles. The lowest BCUT2D eigenvalue weighted by molar-refractivity contribution is -0.118. The Hall–Kier alpha value is -3.05. The van der Waals surface area contributed by atoms with Crippen molar-refractivity contribution >= 4 is 29.1 Å². The summed E-state index contributed by atoms with van der Waals surface area (Å²) in [6.07, 6.45) is 1.25. The summed E-state index contributed by atoms with van der Waals surface area (Å²) in [5, 5.41) is 2.92. The molecule has 0 atom stereocenters. The zero-order valence-corrected chi connectivity index (χ0v) is 17.1. The van der Waals surface area contributed by atoms with Gasteiger partial charge in [0.1, 0.15) is 11.5 Å². The first-order chi connectivity index (χ1) is 14.1. The number of anilines is 1. The van der Waals surface area contributed by atoms with Crippen molar-refractivity contribution in [2.45, 2.75) is 29.6 Å². The number of nitrogens with one attached hydrogen (secondary N) is 1. The van der Waals surface area contributed by atoms with E-state index in [0.29, 0.717) is 18.6 Å². The van der Waals surface area contributed by atoms with Gasteiger partial charge in [-0.25, -0.2) is 0 Å². The largest absolute Gasteiger partial charge is 0.484 e. The van der Waals surface area contributed by atoms with Gasteiger partial charge in [0.25, 0.3) is 5.91 Å². The van der Waals surface area contributed by atoms with Gasteiger partial charge in [-0.2, -0.15) is 0 Å². The first kappa shape index (κ1) is 20.7. The van der Waals surface area contributed by atoms with Gasteiger partial charge in [-0.1, -0.05) is 54.2 Å². The Bertz CT molecular complexity index is 955. The highest BCUT2D eigenvalue weighted by Gasteiger charge is 2.09. The van der Waals surface area contributed by atoms with Gasteiger partial charge in [0.15, 0.2) is 6.61 Å². The van der Waals surface area contributed by atoms with Crippen LogP contribution in [0.3, 0.4) is 0 Å². The first-order valence-electron chi connectivity index (χ1n) is 9.43. The number of rotatable bonds is 9. The Balaban J connectivity index is 1.54. The van der Waals surface area contributed by atoms with Crippen molar-refractivity contribution in [2.75, 3.05) is 11.9 Å². The van der Waals surface area contributed by atoms with E-state index in [-0.39, 0.29) is 18.3 Å². The molecule has 0 aromatic heterocycles. The molecule has 0 saturated heterocycles. The SMILES string of the molecule is CC(=O)CCc1ccc(OCC(=O)Nc2ccccc2Sc2ccccc2)cc1.